The highest BCUT2D eigenvalue weighted by Gasteiger charge is 2.70. The molecule has 3 heterocycles. The molecule has 2 saturated carbocycles. The lowest BCUT2D eigenvalue weighted by Gasteiger charge is -2.24. The summed E-state index contributed by atoms with van der Waals surface area (Å²) < 4.78 is 1.98. The molecule has 0 aliphatic heterocycles. The van der Waals surface area contributed by atoms with Gasteiger partial charge in [-0.2, -0.15) is 0 Å². The monoisotopic (exact) mass is 458 g/mol. The molecule has 0 amide bonds. The second kappa shape index (κ2) is 7.65. The van der Waals surface area contributed by atoms with Gasteiger partial charge in [0.15, 0.2) is 0 Å². The van der Waals surface area contributed by atoms with Gasteiger partial charge in [0.05, 0.1) is 23.0 Å². The largest absolute Gasteiger partial charge is 0.390 e. The molecule has 2 fully saturated rings. The first-order valence-electron chi connectivity index (χ1n) is 12.0. The smallest absolute Gasteiger partial charge is 0.145 e. The topological polar surface area (TPSA) is 122 Å². The second-order valence-corrected chi connectivity index (χ2v) is 10.2. The molecule has 0 bridgehead atoms. The molecule has 3 aromatic heterocycles. The Morgan fingerprint density at radius 3 is 2.82 bits per heavy atom. The number of nitrogens with two attached hydrogens (primary N) is 1. The summed E-state index contributed by atoms with van der Waals surface area (Å²) in [6.07, 6.45) is 4.29. The Balaban J connectivity index is 1.23. The summed E-state index contributed by atoms with van der Waals surface area (Å²) >= 11 is 0. The standard InChI is InChI=1S/C26H30N6O2/c1-14(2)30-20-6-5-16-4-3-15(11-19(16)31-20)7-9-26-12-18(26)21(22(33)23(26)34)32-10-8-17-24(27)28-13-29-25(17)32/h3-6,8,10-11,13-14,18,21-23,33-34H,7,9,12H2,1-2H3,(H,30,31)(H2,27,28,29)/t18-,21-,22+,23+,26+/m1/s1. The van der Waals surface area contributed by atoms with Crippen LogP contribution in [0.4, 0.5) is 11.6 Å². The van der Waals surface area contributed by atoms with E-state index in [1.165, 1.54) is 11.9 Å². The zero-order chi connectivity index (χ0) is 23.6. The number of aromatic nitrogens is 4. The van der Waals surface area contributed by atoms with E-state index in [0.717, 1.165) is 41.4 Å². The van der Waals surface area contributed by atoms with Gasteiger partial charge in [-0.25, -0.2) is 15.0 Å². The summed E-state index contributed by atoms with van der Waals surface area (Å²) in [5.41, 5.74) is 8.59. The molecule has 0 saturated heterocycles. The number of hydrogen-bond donors (Lipinski definition) is 4. The molecule has 0 unspecified atom stereocenters. The third kappa shape index (κ3) is 3.24. The maximum Gasteiger partial charge on any atom is 0.145 e. The van der Waals surface area contributed by atoms with Crippen molar-refractivity contribution in [3.63, 3.8) is 0 Å². The minimum atomic E-state index is -0.839. The molecule has 5 N–H and O–H groups in total. The predicted octanol–water partition coefficient (Wildman–Crippen LogP) is 3.30. The molecule has 176 valence electrons. The van der Waals surface area contributed by atoms with Crippen LogP contribution in [-0.4, -0.2) is 48.0 Å². The molecule has 0 radical (unpaired) electrons. The first kappa shape index (κ1) is 21.3. The van der Waals surface area contributed by atoms with E-state index < -0.39 is 12.2 Å². The molecule has 34 heavy (non-hydrogen) atoms. The van der Waals surface area contributed by atoms with E-state index in [-0.39, 0.29) is 17.4 Å². The Kier molecular flexibility index (Phi) is 4.79. The van der Waals surface area contributed by atoms with Gasteiger partial charge >= 0.3 is 0 Å². The van der Waals surface area contributed by atoms with E-state index in [4.69, 9.17) is 10.7 Å². The van der Waals surface area contributed by atoms with Gasteiger partial charge < -0.3 is 25.8 Å². The Morgan fingerprint density at radius 1 is 1.18 bits per heavy atom. The van der Waals surface area contributed by atoms with Crippen LogP contribution in [0.15, 0.2) is 48.9 Å². The third-order valence-electron chi connectivity index (χ3n) is 7.79. The van der Waals surface area contributed by atoms with Crippen molar-refractivity contribution in [3.8, 4) is 0 Å². The molecular formula is C26H30N6O2. The van der Waals surface area contributed by atoms with Crippen LogP contribution in [-0.2, 0) is 6.42 Å². The van der Waals surface area contributed by atoms with Crippen molar-refractivity contribution in [1.82, 2.24) is 19.5 Å². The van der Waals surface area contributed by atoms with E-state index in [0.29, 0.717) is 17.5 Å². The number of nitrogens with one attached hydrogen (secondary N) is 1. The zero-order valence-electron chi connectivity index (χ0n) is 19.4. The van der Waals surface area contributed by atoms with Gasteiger partial charge in [0, 0.05) is 23.0 Å². The Hall–Kier alpha value is -3.23. The Labute approximate surface area is 197 Å². The van der Waals surface area contributed by atoms with Crippen molar-refractivity contribution in [1.29, 1.82) is 0 Å². The van der Waals surface area contributed by atoms with E-state index in [1.807, 2.05) is 22.9 Å². The van der Waals surface area contributed by atoms with Gasteiger partial charge in [-0.3, -0.25) is 0 Å². The number of rotatable bonds is 6. The normalized spacial score (nSPS) is 28.0. The van der Waals surface area contributed by atoms with Gasteiger partial charge in [0.2, 0.25) is 0 Å². The van der Waals surface area contributed by atoms with Crippen molar-refractivity contribution < 1.29 is 10.2 Å². The summed E-state index contributed by atoms with van der Waals surface area (Å²) in [5.74, 6) is 1.50. The maximum absolute atomic E-state index is 11.1. The van der Waals surface area contributed by atoms with Crippen molar-refractivity contribution in [2.75, 3.05) is 11.1 Å². The molecule has 6 rings (SSSR count). The summed E-state index contributed by atoms with van der Waals surface area (Å²) in [5, 5.41) is 27.3. The van der Waals surface area contributed by atoms with Crippen LogP contribution in [0, 0.1) is 11.3 Å². The number of fused-ring (bicyclic) bond motifs is 3. The SMILES string of the molecule is CC(C)Nc1ccc2ccc(CC[C@]34C[C@@H]3[C@@H](n3ccc5c(N)ncnc53)[C@H](O)[C@@H]4O)cc2n1. The number of anilines is 2. The molecule has 8 heteroatoms. The molecule has 1 aromatic carbocycles. The summed E-state index contributed by atoms with van der Waals surface area (Å²) in [7, 11) is 0. The highest BCUT2D eigenvalue weighted by Crippen LogP contribution is 2.69. The number of aryl methyl sites for hydroxylation is 1. The number of nitrogens with zero attached hydrogens (tertiary/aromatic N) is 4. The summed E-state index contributed by atoms with van der Waals surface area (Å²) in [6.45, 7) is 4.20. The second-order valence-electron chi connectivity index (χ2n) is 10.2. The number of aliphatic hydroxyl groups excluding tert-OH is 2. The first-order valence-corrected chi connectivity index (χ1v) is 12.0. The number of aliphatic hydroxyl groups is 2. The number of hydrogen-bond acceptors (Lipinski definition) is 7. The number of benzene rings is 1. The predicted molar refractivity (Wildman–Crippen MR) is 132 cm³/mol. The quantitative estimate of drug-likeness (QED) is 0.350. The minimum Gasteiger partial charge on any atom is -0.390 e. The van der Waals surface area contributed by atoms with Crippen LogP contribution >= 0.6 is 0 Å². The average molecular weight is 459 g/mol. The van der Waals surface area contributed by atoms with Gasteiger partial charge in [0.25, 0.3) is 0 Å². The summed E-state index contributed by atoms with van der Waals surface area (Å²) in [4.78, 5) is 13.2. The molecule has 0 spiro atoms. The van der Waals surface area contributed by atoms with E-state index in [1.54, 1.807) is 0 Å². The molecule has 4 aromatic rings. The number of nitrogen functional groups attached to an aromatic ring is 1. The van der Waals surface area contributed by atoms with Gasteiger partial charge in [-0.15, -0.1) is 0 Å². The minimum absolute atomic E-state index is 0.199. The third-order valence-corrected chi connectivity index (χ3v) is 7.79. The fraction of sp³-hybridized carbons (Fsp3) is 0.423. The molecule has 8 nitrogen and oxygen atoms in total. The van der Waals surface area contributed by atoms with Crippen LogP contribution < -0.4 is 11.1 Å². The fourth-order valence-electron chi connectivity index (χ4n) is 6.01. The molecule has 5 atom stereocenters. The van der Waals surface area contributed by atoms with Crippen molar-refractivity contribution >= 4 is 33.6 Å². The van der Waals surface area contributed by atoms with Crippen LogP contribution in [0.1, 0.15) is 38.3 Å². The maximum atomic E-state index is 11.1. The molecule has 2 aliphatic rings. The van der Waals surface area contributed by atoms with Gasteiger partial charge in [-0.05, 0) is 68.9 Å². The molecular weight excluding hydrogens is 428 g/mol. The summed E-state index contributed by atoms with van der Waals surface area (Å²) in [6, 6.07) is 12.5. The van der Waals surface area contributed by atoms with E-state index >= 15 is 0 Å². The number of pyridine rings is 1. The van der Waals surface area contributed by atoms with E-state index in [9.17, 15) is 10.2 Å². The van der Waals surface area contributed by atoms with Crippen molar-refractivity contribution in [2.45, 2.75) is 57.4 Å². The van der Waals surface area contributed by atoms with Crippen molar-refractivity contribution in [3.05, 3.63) is 54.5 Å². The van der Waals surface area contributed by atoms with Crippen LogP contribution in [0.3, 0.4) is 0 Å². The van der Waals surface area contributed by atoms with Crippen molar-refractivity contribution in [2.24, 2.45) is 11.3 Å². The van der Waals surface area contributed by atoms with Crippen LogP contribution in [0.2, 0.25) is 0 Å². The lowest BCUT2D eigenvalue weighted by Crippen LogP contribution is -2.34. The first-order chi connectivity index (χ1) is 16.4. The highest BCUT2D eigenvalue weighted by atomic mass is 16.3. The lowest BCUT2D eigenvalue weighted by atomic mass is 9.91. The average Bonchev–Trinajstić information content (AvgIpc) is 3.30. The highest BCUT2D eigenvalue weighted by molar-refractivity contribution is 5.86. The van der Waals surface area contributed by atoms with Gasteiger partial charge in [0.1, 0.15) is 29.7 Å². The van der Waals surface area contributed by atoms with Crippen LogP contribution in [0.5, 0.6) is 0 Å². The fourth-order valence-corrected chi connectivity index (χ4v) is 6.01. The Morgan fingerprint density at radius 2 is 2.00 bits per heavy atom. The van der Waals surface area contributed by atoms with Crippen LogP contribution in [0.25, 0.3) is 21.9 Å². The van der Waals surface area contributed by atoms with Gasteiger partial charge in [-0.1, -0.05) is 12.1 Å². The Bertz CT molecular complexity index is 1380. The lowest BCUT2D eigenvalue weighted by molar-refractivity contribution is -0.0191. The van der Waals surface area contributed by atoms with E-state index in [2.05, 4.69) is 53.4 Å². The zero-order valence-corrected chi connectivity index (χ0v) is 19.4. The molecule has 2 aliphatic carbocycles.